The number of thiophene rings is 1. The maximum Gasteiger partial charge on any atom is 0.0583 e. The van der Waals surface area contributed by atoms with E-state index in [2.05, 4.69) is 44.9 Å². The summed E-state index contributed by atoms with van der Waals surface area (Å²) in [5, 5.41) is 14.2. The fourth-order valence-corrected chi connectivity index (χ4v) is 2.96. The van der Waals surface area contributed by atoms with Gasteiger partial charge < -0.3 is 5.11 Å². The normalized spacial score (nSPS) is 12.6. The second-order valence-electron chi connectivity index (χ2n) is 4.16. The molecule has 0 radical (unpaired) electrons. The number of benzene rings is 1. The van der Waals surface area contributed by atoms with Crippen LogP contribution in [0.3, 0.4) is 0 Å². The van der Waals surface area contributed by atoms with Crippen molar-refractivity contribution in [2.45, 2.75) is 25.4 Å². The van der Waals surface area contributed by atoms with Gasteiger partial charge in [0.05, 0.1) is 6.10 Å². The minimum absolute atomic E-state index is 0.260. The second-order valence-corrected chi connectivity index (χ2v) is 5.85. The Labute approximate surface area is 114 Å². The van der Waals surface area contributed by atoms with Crippen molar-refractivity contribution in [3.8, 4) is 0 Å². The van der Waals surface area contributed by atoms with Crippen molar-refractivity contribution in [1.29, 1.82) is 0 Å². The number of hydrogen-bond donors (Lipinski definition) is 1. The molecule has 90 valence electrons. The summed E-state index contributed by atoms with van der Waals surface area (Å²) in [4.78, 5) is 0. The molecule has 0 aliphatic rings. The third-order valence-electron chi connectivity index (χ3n) is 2.71. The van der Waals surface area contributed by atoms with Crippen molar-refractivity contribution < 1.29 is 5.11 Å². The van der Waals surface area contributed by atoms with Gasteiger partial charge in [-0.2, -0.15) is 11.3 Å². The zero-order chi connectivity index (χ0) is 12.1. The number of aliphatic hydroxyl groups is 1. The van der Waals surface area contributed by atoms with Crippen molar-refractivity contribution >= 4 is 27.3 Å². The molecule has 1 aromatic heterocycles. The Morgan fingerprint density at radius 3 is 2.82 bits per heavy atom. The summed E-state index contributed by atoms with van der Waals surface area (Å²) < 4.78 is 1.07. The zero-order valence-electron chi connectivity index (χ0n) is 9.47. The first-order valence-electron chi connectivity index (χ1n) is 5.67. The highest BCUT2D eigenvalue weighted by Crippen LogP contribution is 2.15. The molecule has 2 rings (SSSR count). The number of aliphatic hydroxyl groups excluding tert-OH is 1. The summed E-state index contributed by atoms with van der Waals surface area (Å²) in [6.45, 7) is 0. The molecule has 17 heavy (non-hydrogen) atoms. The fraction of sp³-hybridized carbons (Fsp3) is 0.286. The minimum Gasteiger partial charge on any atom is -0.393 e. The first-order valence-corrected chi connectivity index (χ1v) is 7.41. The van der Waals surface area contributed by atoms with Gasteiger partial charge in [0.15, 0.2) is 0 Å². The van der Waals surface area contributed by atoms with E-state index in [9.17, 15) is 5.11 Å². The van der Waals surface area contributed by atoms with Crippen molar-refractivity contribution in [2.75, 3.05) is 0 Å². The van der Waals surface area contributed by atoms with Crippen molar-refractivity contribution in [3.63, 3.8) is 0 Å². The van der Waals surface area contributed by atoms with E-state index in [1.54, 1.807) is 11.3 Å². The molecular formula is C14H15BrOS. The van der Waals surface area contributed by atoms with Crippen LogP contribution in [0.5, 0.6) is 0 Å². The molecule has 0 amide bonds. The van der Waals surface area contributed by atoms with Crippen LogP contribution in [0.1, 0.15) is 17.5 Å². The summed E-state index contributed by atoms with van der Waals surface area (Å²) in [6, 6.07) is 10.2. The summed E-state index contributed by atoms with van der Waals surface area (Å²) in [7, 11) is 0. The lowest BCUT2D eigenvalue weighted by atomic mass is 10.0. The van der Waals surface area contributed by atoms with Gasteiger partial charge in [-0.15, -0.1) is 0 Å². The predicted octanol–water partition coefficient (Wildman–Crippen LogP) is 4.05. The summed E-state index contributed by atoms with van der Waals surface area (Å²) in [5.41, 5.74) is 2.50. The minimum atomic E-state index is -0.260. The SMILES string of the molecule is OC(CCc1ccsc1)Cc1cccc(Br)c1. The Hall–Kier alpha value is -0.640. The van der Waals surface area contributed by atoms with Crippen LogP contribution in [0.2, 0.25) is 0 Å². The molecule has 0 bridgehead atoms. The van der Waals surface area contributed by atoms with Crippen LogP contribution in [0.25, 0.3) is 0 Å². The zero-order valence-corrected chi connectivity index (χ0v) is 11.9. The van der Waals surface area contributed by atoms with E-state index in [1.165, 1.54) is 11.1 Å². The second kappa shape index (κ2) is 6.34. The van der Waals surface area contributed by atoms with Gasteiger partial charge in [0, 0.05) is 4.47 Å². The van der Waals surface area contributed by atoms with E-state index in [1.807, 2.05) is 12.1 Å². The topological polar surface area (TPSA) is 20.2 Å². The average Bonchev–Trinajstić information content (AvgIpc) is 2.79. The first kappa shape index (κ1) is 12.8. The lowest BCUT2D eigenvalue weighted by molar-refractivity contribution is 0.165. The molecule has 0 aliphatic heterocycles. The molecule has 1 atom stereocenters. The Balaban J connectivity index is 1.83. The largest absolute Gasteiger partial charge is 0.393 e. The summed E-state index contributed by atoms with van der Waals surface area (Å²) in [6.07, 6.45) is 2.25. The van der Waals surface area contributed by atoms with Gasteiger partial charge in [-0.25, -0.2) is 0 Å². The third-order valence-corrected chi connectivity index (χ3v) is 3.93. The molecule has 0 saturated heterocycles. The van der Waals surface area contributed by atoms with Gasteiger partial charge in [0.2, 0.25) is 0 Å². The lowest BCUT2D eigenvalue weighted by Gasteiger charge is -2.10. The number of hydrogen-bond acceptors (Lipinski definition) is 2. The maximum absolute atomic E-state index is 9.98. The highest BCUT2D eigenvalue weighted by atomic mass is 79.9. The van der Waals surface area contributed by atoms with Crippen LogP contribution in [0.4, 0.5) is 0 Å². The molecule has 1 heterocycles. The molecular weight excluding hydrogens is 296 g/mol. The van der Waals surface area contributed by atoms with E-state index in [0.29, 0.717) is 0 Å². The Bertz CT molecular complexity index is 453. The summed E-state index contributed by atoms with van der Waals surface area (Å²) in [5.74, 6) is 0. The smallest absolute Gasteiger partial charge is 0.0583 e. The molecule has 0 spiro atoms. The van der Waals surface area contributed by atoms with Gasteiger partial charge in [0.1, 0.15) is 0 Å². The van der Waals surface area contributed by atoms with E-state index < -0.39 is 0 Å². The predicted molar refractivity (Wildman–Crippen MR) is 76.5 cm³/mol. The van der Waals surface area contributed by atoms with E-state index >= 15 is 0 Å². The number of halogens is 1. The average molecular weight is 311 g/mol. The highest BCUT2D eigenvalue weighted by molar-refractivity contribution is 9.10. The van der Waals surface area contributed by atoms with E-state index in [-0.39, 0.29) is 6.10 Å². The number of aryl methyl sites for hydroxylation is 1. The van der Waals surface area contributed by atoms with Crippen LogP contribution in [-0.4, -0.2) is 11.2 Å². The molecule has 1 N–H and O–H groups in total. The molecule has 3 heteroatoms. The van der Waals surface area contributed by atoms with Crippen molar-refractivity contribution in [1.82, 2.24) is 0 Å². The molecule has 1 unspecified atom stereocenters. The molecule has 1 aromatic carbocycles. The van der Waals surface area contributed by atoms with Gasteiger partial charge in [-0.3, -0.25) is 0 Å². The van der Waals surface area contributed by atoms with Crippen LogP contribution in [-0.2, 0) is 12.8 Å². The van der Waals surface area contributed by atoms with E-state index in [0.717, 1.165) is 23.7 Å². The molecule has 2 aromatic rings. The Morgan fingerprint density at radius 2 is 2.12 bits per heavy atom. The van der Waals surface area contributed by atoms with Gasteiger partial charge >= 0.3 is 0 Å². The van der Waals surface area contributed by atoms with Gasteiger partial charge in [-0.05, 0) is 59.3 Å². The molecule has 0 saturated carbocycles. The quantitative estimate of drug-likeness (QED) is 0.883. The van der Waals surface area contributed by atoms with Gasteiger partial charge in [0.25, 0.3) is 0 Å². The monoisotopic (exact) mass is 310 g/mol. The molecule has 0 fully saturated rings. The number of rotatable bonds is 5. The lowest BCUT2D eigenvalue weighted by Crippen LogP contribution is -2.11. The van der Waals surface area contributed by atoms with Crippen LogP contribution < -0.4 is 0 Å². The molecule has 0 aliphatic carbocycles. The Kier molecular flexibility index (Phi) is 4.77. The fourth-order valence-electron chi connectivity index (χ4n) is 1.81. The van der Waals surface area contributed by atoms with E-state index in [4.69, 9.17) is 0 Å². The van der Waals surface area contributed by atoms with Gasteiger partial charge in [-0.1, -0.05) is 28.1 Å². The highest BCUT2D eigenvalue weighted by Gasteiger charge is 2.06. The van der Waals surface area contributed by atoms with Crippen molar-refractivity contribution in [2.24, 2.45) is 0 Å². The standard InChI is InChI=1S/C14H15BrOS/c15-13-3-1-2-12(8-13)9-14(16)5-4-11-6-7-17-10-11/h1-3,6-8,10,14,16H,4-5,9H2. The summed E-state index contributed by atoms with van der Waals surface area (Å²) >= 11 is 5.15. The van der Waals surface area contributed by atoms with Crippen molar-refractivity contribution in [3.05, 3.63) is 56.7 Å². The van der Waals surface area contributed by atoms with Crippen LogP contribution >= 0.6 is 27.3 Å². The third kappa shape index (κ3) is 4.26. The first-order chi connectivity index (χ1) is 8.24. The maximum atomic E-state index is 9.98. The van der Waals surface area contributed by atoms with Crippen LogP contribution in [0, 0.1) is 0 Å². The van der Waals surface area contributed by atoms with Crippen LogP contribution in [0.15, 0.2) is 45.6 Å². The Morgan fingerprint density at radius 1 is 1.24 bits per heavy atom. The molecule has 1 nitrogen and oxygen atoms in total.